The predicted octanol–water partition coefficient (Wildman–Crippen LogP) is 6.28. The number of hydrogen-bond donors (Lipinski definition) is 0. The van der Waals surface area contributed by atoms with Crippen LogP contribution in [-0.4, -0.2) is 32.7 Å². The largest absolute Gasteiger partial charge is 0.497 e. The highest BCUT2D eigenvalue weighted by atomic mass is 28.4. The van der Waals surface area contributed by atoms with E-state index in [1.807, 2.05) is 102 Å². The fourth-order valence-corrected chi connectivity index (χ4v) is 10.2. The lowest BCUT2D eigenvalue weighted by molar-refractivity contribution is 0.130. The van der Waals surface area contributed by atoms with E-state index in [0.29, 0.717) is 5.56 Å². The molecule has 5 nitrogen and oxygen atoms in total. The summed E-state index contributed by atoms with van der Waals surface area (Å²) < 4.78 is 20.0. The highest BCUT2D eigenvalue weighted by Gasteiger charge is 2.53. The molecular formula is C38H35NO4Si. The highest BCUT2D eigenvalue weighted by Crippen LogP contribution is 2.37. The van der Waals surface area contributed by atoms with Crippen LogP contribution in [0.25, 0.3) is 28.1 Å². The Hall–Kier alpha value is -4.83. The molecule has 0 N–H and O–H groups in total. The Labute approximate surface area is 259 Å². The topological polar surface area (TPSA) is 49.7 Å². The monoisotopic (exact) mass is 597 g/mol. The first-order chi connectivity index (χ1) is 21.2. The van der Waals surface area contributed by atoms with E-state index in [9.17, 15) is 4.79 Å². The van der Waals surface area contributed by atoms with Crippen LogP contribution >= 0.6 is 0 Å². The van der Waals surface area contributed by atoms with Gasteiger partial charge in [0.25, 0.3) is 5.56 Å². The second-order valence-corrected chi connectivity index (χ2v) is 14.7. The third-order valence-electron chi connectivity index (χ3n) is 7.85. The summed E-state index contributed by atoms with van der Waals surface area (Å²) in [5.74, 6) is 5.01. The lowest BCUT2D eigenvalue weighted by atomic mass is 9.98. The van der Waals surface area contributed by atoms with Crippen molar-refractivity contribution in [3.8, 4) is 51.0 Å². The van der Waals surface area contributed by atoms with Gasteiger partial charge in [0.1, 0.15) is 11.5 Å². The van der Waals surface area contributed by atoms with E-state index in [4.69, 9.17) is 13.9 Å². The minimum absolute atomic E-state index is 0.0701. The highest BCUT2D eigenvalue weighted by molar-refractivity contribution is 7.07. The van der Waals surface area contributed by atoms with Crippen LogP contribution in [0.4, 0.5) is 0 Å². The van der Waals surface area contributed by atoms with E-state index in [1.54, 1.807) is 14.2 Å². The van der Waals surface area contributed by atoms with Gasteiger partial charge in [-0.2, -0.15) is 0 Å². The van der Waals surface area contributed by atoms with Crippen LogP contribution in [0, 0.1) is 18.4 Å². The van der Waals surface area contributed by atoms with Crippen LogP contribution in [0.3, 0.4) is 0 Å². The van der Waals surface area contributed by atoms with Gasteiger partial charge in [-0.15, -0.1) is 0 Å². The summed E-state index contributed by atoms with van der Waals surface area (Å²) >= 11 is 0. The van der Waals surface area contributed by atoms with Crippen LogP contribution in [0.1, 0.15) is 31.9 Å². The fourth-order valence-electron chi connectivity index (χ4n) is 6.02. The Morgan fingerprint density at radius 1 is 0.750 bits per heavy atom. The molecule has 1 atom stereocenters. The summed E-state index contributed by atoms with van der Waals surface area (Å²) in [5.41, 5.74) is 9.08. The van der Waals surface area contributed by atoms with E-state index in [0.717, 1.165) is 55.5 Å². The van der Waals surface area contributed by atoms with Gasteiger partial charge >= 0.3 is 8.32 Å². The molecular weight excluding hydrogens is 563 g/mol. The number of pyridine rings is 1. The lowest BCUT2D eigenvalue weighted by Crippen LogP contribution is -2.62. The van der Waals surface area contributed by atoms with Crippen LogP contribution in [0.15, 0.2) is 108 Å². The third-order valence-corrected chi connectivity index (χ3v) is 11.6. The van der Waals surface area contributed by atoms with Gasteiger partial charge in [-0.25, -0.2) is 0 Å². The lowest BCUT2D eigenvalue weighted by Gasteiger charge is -2.34. The molecule has 4 aromatic carbocycles. The first-order valence-electron chi connectivity index (χ1n) is 14.6. The van der Waals surface area contributed by atoms with Gasteiger partial charge in [0.05, 0.1) is 19.9 Å². The minimum Gasteiger partial charge on any atom is -0.497 e. The quantitative estimate of drug-likeness (QED) is 0.177. The number of rotatable bonds is 5. The van der Waals surface area contributed by atoms with Crippen molar-refractivity contribution in [1.82, 2.24) is 4.57 Å². The molecule has 220 valence electrons. The standard InChI is InChI=1S/C38H35NO4Si/c1-26-34-32-14-10-11-15-33(32)44(43-38(2,3)4,25-24-27-16-20-30(41-5)21-17-27)36(34)35(28-18-22-31(42-6)23-19-28)39(37(26)40)29-12-8-7-9-13-29/h7-23H,1-6H3/t44-/m1/s1. The first-order valence-corrected chi connectivity index (χ1v) is 16.5. The normalized spacial score (nSPS) is 15.1. The minimum atomic E-state index is -3.36. The van der Waals surface area contributed by atoms with Gasteiger partial charge in [0, 0.05) is 27.6 Å². The Bertz CT molecular complexity index is 1960. The van der Waals surface area contributed by atoms with Crippen molar-refractivity contribution in [3.63, 3.8) is 0 Å². The maximum Gasteiger partial charge on any atom is 0.341 e. The molecule has 5 aromatic rings. The van der Waals surface area contributed by atoms with Crippen molar-refractivity contribution in [1.29, 1.82) is 0 Å². The maximum absolute atomic E-state index is 14.5. The molecule has 0 bridgehead atoms. The van der Waals surface area contributed by atoms with E-state index >= 15 is 0 Å². The number of fused-ring (bicyclic) bond motifs is 3. The Kier molecular flexibility index (Phi) is 7.54. The molecule has 0 radical (unpaired) electrons. The molecule has 6 rings (SSSR count). The third kappa shape index (κ3) is 5.04. The van der Waals surface area contributed by atoms with E-state index in [1.165, 1.54) is 0 Å². The smallest absolute Gasteiger partial charge is 0.341 e. The van der Waals surface area contributed by atoms with Gasteiger partial charge in [0.2, 0.25) is 0 Å². The summed E-state index contributed by atoms with van der Waals surface area (Å²) in [6.07, 6.45) is 0. The average Bonchev–Trinajstić information content (AvgIpc) is 3.31. The summed E-state index contributed by atoms with van der Waals surface area (Å²) in [6, 6.07) is 33.8. The molecule has 0 unspecified atom stereocenters. The molecule has 0 aliphatic carbocycles. The molecule has 0 fully saturated rings. The zero-order chi connectivity index (χ0) is 31.1. The molecule has 6 heteroatoms. The number of benzene rings is 4. The van der Waals surface area contributed by atoms with Crippen LogP contribution < -0.4 is 25.4 Å². The van der Waals surface area contributed by atoms with Crippen molar-refractivity contribution in [2.24, 2.45) is 0 Å². The van der Waals surface area contributed by atoms with Gasteiger partial charge < -0.3 is 13.9 Å². The zero-order valence-electron chi connectivity index (χ0n) is 25.9. The Balaban J connectivity index is 1.79. The van der Waals surface area contributed by atoms with Gasteiger partial charge in [-0.3, -0.25) is 9.36 Å². The van der Waals surface area contributed by atoms with E-state index in [-0.39, 0.29) is 5.56 Å². The molecule has 44 heavy (non-hydrogen) atoms. The summed E-state index contributed by atoms with van der Waals surface area (Å²) in [4.78, 5) is 14.5. The molecule has 1 aromatic heterocycles. The summed E-state index contributed by atoms with van der Waals surface area (Å²) in [7, 11) is -0.0590. The second-order valence-electron chi connectivity index (χ2n) is 11.8. The second kappa shape index (κ2) is 11.3. The van der Waals surface area contributed by atoms with Crippen molar-refractivity contribution in [2.45, 2.75) is 33.3 Å². The molecule has 1 aliphatic rings. The van der Waals surface area contributed by atoms with E-state index in [2.05, 4.69) is 44.4 Å². The van der Waals surface area contributed by atoms with Crippen LogP contribution in [0.2, 0.25) is 0 Å². The molecule has 0 saturated carbocycles. The Morgan fingerprint density at radius 2 is 1.34 bits per heavy atom. The molecule has 2 heterocycles. The predicted molar refractivity (Wildman–Crippen MR) is 180 cm³/mol. The van der Waals surface area contributed by atoms with Crippen LogP contribution in [0.5, 0.6) is 11.5 Å². The maximum atomic E-state index is 14.5. The molecule has 0 amide bonds. The average molecular weight is 598 g/mol. The summed E-state index contributed by atoms with van der Waals surface area (Å²) in [6.45, 7) is 8.15. The molecule has 1 aliphatic heterocycles. The Morgan fingerprint density at radius 3 is 1.95 bits per heavy atom. The summed E-state index contributed by atoms with van der Waals surface area (Å²) in [5, 5.41) is 2.04. The van der Waals surface area contributed by atoms with Gasteiger partial charge in [-0.05, 0) is 110 Å². The number of aromatic nitrogens is 1. The van der Waals surface area contributed by atoms with E-state index < -0.39 is 13.9 Å². The van der Waals surface area contributed by atoms with Gasteiger partial charge in [-0.1, -0.05) is 53.9 Å². The zero-order valence-corrected chi connectivity index (χ0v) is 26.9. The number of methoxy groups -OCH3 is 2. The number of ether oxygens (including phenoxy) is 2. The molecule has 0 saturated heterocycles. The van der Waals surface area contributed by atoms with Crippen molar-refractivity contribution in [3.05, 3.63) is 125 Å². The first kappa shape index (κ1) is 29.2. The van der Waals surface area contributed by atoms with Crippen molar-refractivity contribution < 1.29 is 13.9 Å². The number of hydrogen-bond acceptors (Lipinski definition) is 4. The number of para-hydroxylation sites is 1. The molecule has 0 spiro atoms. The van der Waals surface area contributed by atoms with Gasteiger partial charge in [0.15, 0.2) is 0 Å². The van der Waals surface area contributed by atoms with Crippen LogP contribution in [-0.2, 0) is 4.43 Å². The van der Waals surface area contributed by atoms with Crippen molar-refractivity contribution >= 4 is 18.7 Å². The van der Waals surface area contributed by atoms with Crippen molar-refractivity contribution in [2.75, 3.05) is 14.2 Å². The fraction of sp³-hybridized carbons (Fsp3) is 0.184. The SMILES string of the molecule is COc1ccc(C#C[Si@@]2(OC(C)(C)C)c3ccccc3-c3c2c(-c2ccc(OC)cc2)n(-c2ccccc2)c(=O)c3C)cc1. The number of nitrogens with zero attached hydrogens (tertiary/aromatic N) is 1.